The molecule has 2 aromatic rings. The number of rotatable bonds is 5. The number of primary sulfonamides is 1. The van der Waals surface area contributed by atoms with Crippen molar-refractivity contribution >= 4 is 21.7 Å². The first-order valence-electron chi connectivity index (χ1n) is 8.05. The highest BCUT2D eigenvalue weighted by atomic mass is 32.2. The first kappa shape index (κ1) is 19.9. The number of aromatic nitrogens is 1. The summed E-state index contributed by atoms with van der Waals surface area (Å²) in [5, 5.41) is 5.10. The van der Waals surface area contributed by atoms with Crippen LogP contribution in [0.3, 0.4) is 0 Å². The van der Waals surface area contributed by atoms with Crippen molar-refractivity contribution in [3.05, 3.63) is 52.3 Å². The van der Waals surface area contributed by atoms with Crippen LogP contribution in [-0.4, -0.2) is 37.0 Å². The van der Waals surface area contributed by atoms with Crippen molar-refractivity contribution in [3.8, 4) is 0 Å². The zero-order valence-corrected chi connectivity index (χ0v) is 16.3. The molecule has 0 fully saturated rings. The maximum Gasteiger partial charge on any atom is 0.270 e. The Hall–Kier alpha value is -2.45. The number of Topliss-reactive ketones (excluding diaryl/α,β-unsaturated/α-hetero) is 1. The lowest BCUT2D eigenvalue weighted by Crippen LogP contribution is -2.30. The first-order chi connectivity index (χ1) is 11.9. The van der Waals surface area contributed by atoms with Crippen LogP contribution >= 0.6 is 0 Å². The molecular weight excluding hydrogens is 354 g/mol. The molecule has 0 aliphatic carbocycles. The molecule has 1 aromatic carbocycles. The van der Waals surface area contributed by atoms with E-state index in [0.29, 0.717) is 22.5 Å². The Morgan fingerprint density at radius 3 is 2.12 bits per heavy atom. The Labute approximate surface area is 153 Å². The van der Waals surface area contributed by atoms with Crippen molar-refractivity contribution in [1.82, 2.24) is 9.88 Å². The van der Waals surface area contributed by atoms with Gasteiger partial charge in [0.1, 0.15) is 5.69 Å². The predicted molar refractivity (Wildman–Crippen MR) is 98.6 cm³/mol. The van der Waals surface area contributed by atoms with Crippen LogP contribution in [-0.2, 0) is 10.0 Å². The van der Waals surface area contributed by atoms with Gasteiger partial charge in [-0.05, 0) is 51.0 Å². The number of aromatic amines is 1. The van der Waals surface area contributed by atoms with Crippen molar-refractivity contribution in [2.45, 2.75) is 38.6 Å². The third-order valence-electron chi connectivity index (χ3n) is 4.60. The maximum atomic E-state index is 12.9. The van der Waals surface area contributed by atoms with Gasteiger partial charge in [-0.15, -0.1) is 0 Å². The Morgan fingerprint density at radius 1 is 1.15 bits per heavy atom. The van der Waals surface area contributed by atoms with Gasteiger partial charge >= 0.3 is 0 Å². The van der Waals surface area contributed by atoms with Gasteiger partial charge < -0.3 is 9.88 Å². The van der Waals surface area contributed by atoms with Crippen LogP contribution in [0.2, 0.25) is 0 Å². The molecular formula is C18H23N3O4S. The smallest absolute Gasteiger partial charge is 0.270 e. The number of amides is 1. The summed E-state index contributed by atoms with van der Waals surface area (Å²) in [7, 11) is -2.10. The van der Waals surface area contributed by atoms with Crippen molar-refractivity contribution < 1.29 is 18.0 Å². The minimum atomic E-state index is -3.76. The summed E-state index contributed by atoms with van der Waals surface area (Å²) in [6.07, 6.45) is 0. The highest BCUT2D eigenvalue weighted by molar-refractivity contribution is 7.89. The summed E-state index contributed by atoms with van der Waals surface area (Å²) < 4.78 is 22.7. The van der Waals surface area contributed by atoms with Crippen LogP contribution in [0.5, 0.6) is 0 Å². The molecule has 0 saturated heterocycles. The van der Waals surface area contributed by atoms with Crippen molar-refractivity contribution in [1.29, 1.82) is 0 Å². The van der Waals surface area contributed by atoms with Gasteiger partial charge in [-0.2, -0.15) is 0 Å². The molecule has 0 bridgehead atoms. The minimum Gasteiger partial charge on any atom is -0.354 e. The standard InChI is InChI=1S/C18H23N3O4S/c1-10-16(13(4)22)11(2)20-17(10)18(23)21(5)12(3)14-6-8-15(9-7-14)26(19,24)25/h6-9,12,20H,1-5H3,(H2,19,24,25). The third-order valence-corrected chi connectivity index (χ3v) is 5.52. The third kappa shape index (κ3) is 3.71. The normalized spacial score (nSPS) is 12.7. The molecule has 1 atom stereocenters. The highest BCUT2D eigenvalue weighted by Crippen LogP contribution is 2.25. The van der Waals surface area contributed by atoms with Gasteiger partial charge in [-0.25, -0.2) is 13.6 Å². The van der Waals surface area contributed by atoms with E-state index >= 15 is 0 Å². The molecule has 2 rings (SSSR count). The zero-order valence-electron chi connectivity index (χ0n) is 15.5. The number of benzene rings is 1. The quantitative estimate of drug-likeness (QED) is 0.778. The molecule has 1 unspecified atom stereocenters. The summed E-state index contributed by atoms with van der Waals surface area (Å²) in [6, 6.07) is 5.78. The summed E-state index contributed by atoms with van der Waals surface area (Å²) in [6.45, 7) is 6.81. The molecule has 3 N–H and O–H groups in total. The van der Waals surface area contributed by atoms with Crippen LogP contribution in [0.1, 0.15) is 57.6 Å². The molecule has 1 amide bonds. The Balaban J connectivity index is 2.31. The summed E-state index contributed by atoms with van der Waals surface area (Å²) in [5.74, 6) is -0.342. The Bertz CT molecular complexity index is 959. The molecule has 0 aliphatic rings. The number of nitrogens with zero attached hydrogens (tertiary/aromatic N) is 1. The zero-order chi connectivity index (χ0) is 19.8. The number of hydrogen-bond donors (Lipinski definition) is 2. The van der Waals surface area contributed by atoms with Gasteiger partial charge in [-0.3, -0.25) is 9.59 Å². The molecule has 0 spiro atoms. The van der Waals surface area contributed by atoms with E-state index < -0.39 is 10.0 Å². The summed E-state index contributed by atoms with van der Waals surface area (Å²) in [4.78, 5) is 29.2. The molecule has 0 saturated carbocycles. The minimum absolute atomic E-state index is 0.0179. The largest absolute Gasteiger partial charge is 0.354 e. The maximum absolute atomic E-state index is 12.9. The summed E-state index contributed by atoms with van der Waals surface area (Å²) >= 11 is 0. The van der Waals surface area contributed by atoms with Gasteiger partial charge in [0.15, 0.2) is 5.78 Å². The first-order valence-corrected chi connectivity index (χ1v) is 9.59. The number of carbonyl (C=O) groups excluding carboxylic acids is 2. The van der Waals surface area contributed by atoms with E-state index in [0.717, 1.165) is 5.56 Å². The molecule has 8 heteroatoms. The van der Waals surface area contributed by atoms with Crippen LogP contribution in [0.4, 0.5) is 0 Å². The van der Waals surface area contributed by atoms with Crippen molar-refractivity contribution in [3.63, 3.8) is 0 Å². The van der Waals surface area contributed by atoms with Gasteiger partial charge in [0.05, 0.1) is 10.9 Å². The Kier molecular flexibility index (Phi) is 5.39. The van der Waals surface area contributed by atoms with Crippen LogP contribution in [0.15, 0.2) is 29.2 Å². The highest BCUT2D eigenvalue weighted by Gasteiger charge is 2.25. The number of H-pyrrole nitrogens is 1. The van der Waals surface area contributed by atoms with Crippen LogP contribution in [0.25, 0.3) is 0 Å². The lowest BCUT2D eigenvalue weighted by atomic mass is 10.0. The van der Waals surface area contributed by atoms with Crippen molar-refractivity contribution in [2.75, 3.05) is 7.05 Å². The van der Waals surface area contributed by atoms with Crippen molar-refractivity contribution in [2.24, 2.45) is 5.14 Å². The van der Waals surface area contributed by atoms with Crippen LogP contribution < -0.4 is 5.14 Å². The average Bonchev–Trinajstić information content (AvgIpc) is 2.86. The number of sulfonamides is 1. The molecule has 1 heterocycles. The van der Waals surface area contributed by atoms with Crippen LogP contribution in [0, 0.1) is 13.8 Å². The molecule has 1 aromatic heterocycles. The second-order valence-electron chi connectivity index (χ2n) is 6.39. The fourth-order valence-corrected chi connectivity index (χ4v) is 3.52. The number of carbonyl (C=O) groups is 2. The Morgan fingerprint density at radius 2 is 1.69 bits per heavy atom. The fraction of sp³-hybridized carbons (Fsp3) is 0.333. The number of ketones is 1. The lowest BCUT2D eigenvalue weighted by Gasteiger charge is -2.25. The van der Waals surface area contributed by atoms with Gasteiger partial charge in [0.25, 0.3) is 5.91 Å². The number of nitrogens with one attached hydrogen (secondary N) is 1. The topological polar surface area (TPSA) is 113 Å². The van der Waals surface area contributed by atoms with E-state index in [1.54, 1.807) is 33.0 Å². The molecule has 0 aliphatic heterocycles. The molecule has 26 heavy (non-hydrogen) atoms. The van der Waals surface area contributed by atoms with E-state index in [2.05, 4.69) is 4.98 Å². The second kappa shape index (κ2) is 7.05. The second-order valence-corrected chi connectivity index (χ2v) is 7.95. The van der Waals surface area contributed by atoms with Gasteiger partial charge in [-0.1, -0.05) is 12.1 Å². The number of hydrogen-bond acceptors (Lipinski definition) is 4. The monoisotopic (exact) mass is 377 g/mol. The molecule has 140 valence electrons. The van der Waals surface area contributed by atoms with E-state index in [1.165, 1.54) is 24.0 Å². The van der Waals surface area contributed by atoms with Gasteiger partial charge in [0.2, 0.25) is 10.0 Å². The SMILES string of the molecule is CC(=O)c1c(C)[nH]c(C(=O)N(C)C(C)c2ccc(S(N)(=O)=O)cc2)c1C. The number of nitrogens with two attached hydrogens (primary N) is 1. The molecule has 7 nitrogen and oxygen atoms in total. The lowest BCUT2D eigenvalue weighted by molar-refractivity contribution is 0.0736. The van der Waals surface area contributed by atoms with E-state index in [-0.39, 0.29) is 22.6 Å². The van der Waals surface area contributed by atoms with E-state index in [9.17, 15) is 18.0 Å². The van der Waals surface area contributed by atoms with E-state index in [1.807, 2.05) is 6.92 Å². The fourth-order valence-electron chi connectivity index (χ4n) is 3.00. The van der Waals surface area contributed by atoms with E-state index in [4.69, 9.17) is 5.14 Å². The predicted octanol–water partition coefficient (Wildman–Crippen LogP) is 2.31. The molecule has 0 radical (unpaired) electrons. The summed E-state index contributed by atoms with van der Waals surface area (Å²) in [5.41, 5.74) is 2.97. The van der Waals surface area contributed by atoms with Gasteiger partial charge in [0, 0.05) is 18.3 Å². The number of aryl methyl sites for hydroxylation is 1. The average molecular weight is 377 g/mol.